The maximum Gasteiger partial charge on any atom is 0.150 e. The first-order valence-corrected chi connectivity index (χ1v) is 6.50. The van der Waals surface area contributed by atoms with E-state index in [2.05, 4.69) is 18.0 Å². The zero-order chi connectivity index (χ0) is 10.7. The Hall–Kier alpha value is -1.00. The second kappa shape index (κ2) is 4.68. The lowest BCUT2D eigenvalue weighted by molar-refractivity contribution is 1.24. The summed E-state index contributed by atoms with van der Waals surface area (Å²) in [7, 11) is 0. The van der Waals surface area contributed by atoms with E-state index >= 15 is 0 Å². The molecule has 0 atom stereocenters. The van der Waals surface area contributed by atoms with Crippen molar-refractivity contribution in [1.29, 1.82) is 0 Å². The highest BCUT2D eigenvalue weighted by molar-refractivity contribution is 8.00. The zero-order valence-corrected chi connectivity index (χ0v) is 10.1. The van der Waals surface area contributed by atoms with Crippen molar-refractivity contribution in [2.24, 2.45) is 0 Å². The summed E-state index contributed by atoms with van der Waals surface area (Å²) in [5, 5.41) is 1.99. The van der Waals surface area contributed by atoms with Gasteiger partial charge in [0.2, 0.25) is 0 Å². The van der Waals surface area contributed by atoms with Crippen molar-refractivity contribution in [3.05, 3.63) is 40.9 Å². The Morgan fingerprint density at radius 2 is 2.33 bits per heavy atom. The molecule has 2 N–H and O–H groups in total. The number of hydrogen-bond acceptors (Lipinski definition) is 4. The van der Waals surface area contributed by atoms with Crippen LogP contribution in [0.1, 0.15) is 11.1 Å². The van der Waals surface area contributed by atoms with Crippen LogP contribution in [0.5, 0.6) is 0 Å². The third kappa shape index (κ3) is 2.52. The van der Waals surface area contributed by atoms with Gasteiger partial charge in [-0.2, -0.15) is 0 Å². The van der Waals surface area contributed by atoms with E-state index in [4.69, 9.17) is 5.73 Å². The Balaban J connectivity index is 2.08. The highest BCUT2D eigenvalue weighted by atomic mass is 32.2. The van der Waals surface area contributed by atoms with Crippen molar-refractivity contribution in [3.8, 4) is 0 Å². The fraction of sp³-hybridized carbons (Fsp3) is 0.182. The molecule has 78 valence electrons. The van der Waals surface area contributed by atoms with Gasteiger partial charge in [0.05, 0.1) is 0 Å². The van der Waals surface area contributed by atoms with E-state index in [1.165, 1.54) is 11.1 Å². The maximum absolute atomic E-state index is 5.85. The molecule has 0 bridgehead atoms. The predicted molar refractivity (Wildman–Crippen MR) is 67.3 cm³/mol. The summed E-state index contributed by atoms with van der Waals surface area (Å²) in [6, 6.07) is 6.05. The molecule has 0 unspecified atom stereocenters. The molecule has 0 radical (unpaired) electrons. The molecule has 2 rings (SSSR count). The molecule has 4 heteroatoms. The van der Waals surface area contributed by atoms with Gasteiger partial charge in [0.15, 0.2) is 0 Å². The Kier molecular flexibility index (Phi) is 3.28. The summed E-state index contributed by atoms with van der Waals surface area (Å²) < 4.78 is 1.11. The van der Waals surface area contributed by atoms with Crippen molar-refractivity contribution in [2.45, 2.75) is 17.0 Å². The highest BCUT2D eigenvalue weighted by Gasteiger charge is 2.03. The zero-order valence-electron chi connectivity index (χ0n) is 8.43. The lowest BCUT2D eigenvalue weighted by atomic mass is 10.1. The van der Waals surface area contributed by atoms with Crippen LogP contribution in [0.3, 0.4) is 0 Å². The van der Waals surface area contributed by atoms with Gasteiger partial charge in [-0.05, 0) is 24.1 Å². The lowest BCUT2D eigenvalue weighted by Gasteiger charge is -2.06. The summed E-state index contributed by atoms with van der Waals surface area (Å²) in [5.41, 5.74) is 9.18. The lowest BCUT2D eigenvalue weighted by Crippen LogP contribution is -1.93. The van der Waals surface area contributed by atoms with Crippen molar-refractivity contribution in [1.82, 2.24) is 4.98 Å². The minimum Gasteiger partial charge on any atom is -0.399 e. The second-order valence-electron chi connectivity index (χ2n) is 3.22. The van der Waals surface area contributed by atoms with Crippen molar-refractivity contribution < 1.29 is 0 Å². The summed E-state index contributed by atoms with van der Waals surface area (Å²) in [6.07, 6.45) is 1.83. The maximum atomic E-state index is 5.85. The molecule has 15 heavy (non-hydrogen) atoms. The fourth-order valence-electron chi connectivity index (χ4n) is 1.28. The van der Waals surface area contributed by atoms with Crippen LogP contribution < -0.4 is 5.73 Å². The van der Waals surface area contributed by atoms with Crippen molar-refractivity contribution >= 4 is 28.8 Å². The molecule has 2 aromatic rings. The molecule has 0 aliphatic carbocycles. The van der Waals surface area contributed by atoms with Crippen molar-refractivity contribution in [3.63, 3.8) is 0 Å². The molecule has 1 aromatic heterocycles. The fourth-order valence-corrected chi connectivity index (χ4v) is 2.98. The number of thioether (sulfide) groups is 1. The smallest absolute Gasteiger partial charge is 0.150 e. The number of nitrogen functional groups attached to an aromatic ring is 1. The van der Waals surface area contributed by atoms with E-state index in [9.17, 15) is 0 Å². The average Bonchev–Trinajstić information content (AvgIpc) is 2.73. The molecule has 1 aromatic carbocycles. The van der Waals surface area contributed by atoms with Crippen LogP contribution in [0.2, 0.25) is 0 Å². The molecule has 0 spiro atoms. The normalized spacial score (nSPS) is 10.5. The van der Waals surface area contributed by atoms with Crippen LogP contribution in [-0.4, -0.2) is 4.98 Å². The monoisotopic (exact) mass is 236 g/mol. The quantitative estimate of drug-likeness (QED) is 0.656. The Bertz CT molecular complexity index is 438. The number of nitrogens with two attached hydrogens (primary N) is 1. The van der Waals surface area contributed by atoms with E-state index in [-0.39, 0.29) is 0 Å². The SMILES string of the molecule is Cc1c(N)cccc1CSc1nccs1. The third-order valence-corrected chi connectivity index (χ3v) is 4.26. The summed E-state index contributed by atoms with van der Waals surface area (Å²) in [6.45, 7) is 2.06. The largest absolute Gasteiger partial charge is 0.399 e. The highest BCUT2D eigenvalue weighted by Crippen LogP contribution is 2.27. The first kappa shape index (κ1) is 10.5. The van der Waals surface area contributed by atoms with Gasteiger partial charge < -0.3 is 5.73 Å². The van der Waals surface area contributed by atoms with Gasteiger partial charge in [0.1, 0.15) is 4.34 Å². The van der Waals surface area contributed by atoms with E-state index in [1.807, 2.05) is 23.7 Å². The van der Waals surface area contributed by atoms with Gasteiger partial charge in [-0.3, -0.25) is 0 Å². The molecule has 0 saturated carbocycles. The van der Waals surface area contributed by atoms with Gasteiger partial charge in [-0.15, -0.1) is 11.3 Å². The molecule has 1 heterocycles. The predicted octanol–water partition coefficient (Wildman–Crippen LogP) is 3.33. The molecule has 0 saturated heterocycles. The number of anilines is 1. The molecule has 0 amide bonds. The topological polar surface area (TPSA) is 38.9 Å². The Morgan fingerprint density at radius 3 is 3.07 bits per heavy atom. The van der Waals surface area contributed by atoms with Gasteiger partial charge in [0, 0.05) is 23.0 Å². The van der Waals surface area contributed by atoms with E-state index < -0.39 is 0 Å². The van der Waals surface area contributed by atoms with Gasteiger partial charge >= 0.3 is 0 Å². The molecular weight excluding hydrogens is 224 g/mol. The molecule has 2 nitrogen and oxygen atoms in total. The van der Waals surface area contributed by atoms with Crippen LogP contribution in [0.15, 0.2) is 34.1 Å². The minimum atomic E-state index is 0.868. The number of aromatic nitrogens is 1. The summed E-state index contributed by atoms with van der Waals surface area (Å²) >= 11 is 3.43. The Labute approximate surface area is 97.5 Å². The first-order chi connectivity index (χ1) is 7.27. The average molecular weight is 236 g/mol. The molecule has 0 aliphatic rings. The first-order valence-electron chi connectivity index (χ1n) is 4.63. The summed E-state index contributed by atoms with van der Waals surface area (Å²) in [4.78, 5) is 4.23. The van der Waals surface area contributed by atoms with Crippen molar-refractivity contribution in [2.75, 3.05) is 5.73 Å². The van der Waals surface area contributed by atoms with E-state index in [0.29, 0.717) is 0 Å². The second-order valence-corrected chi connectivity index (χ2v) is 5.34. The molecule has 0 fully saturated rings. The number of benzene rings is 1. The third-order valence-electron chi connectivity index (χ3n) is 2.25. The van der Waals surface area contributed by atoms with E-state index in [1.54, 1.807) is 23.1 Å². The molecular formula is C11H12N2S2. The minimum absolute atomic E-state index is 0.868. The van der Waals surface area contributed by atoms with Gasteiger partial charge in [-0.1, -0.05) is 23.9 Å². The Morgan fingerprint density at radius 1 is 1.47 bits per heavy atom. The number of rotatable bonds is 3. The van der Waals surface area contributed by atoms with Gasteiger partial charge in [-0.25, -0.2) is 4.98 Å². The van der Waals surface area contributed by atoms with E-state index in [0.717, 1.165) is 15.8 Å². The van der Waals surface area contributed by atoms with Crippen LogP contribution >= 0.6 is 23.1 Å². The molecule has 0 aliphatic heterocycles. The standard InChI is InChI=1S/C11H12N2S2/c1-8-9(3-2-4-10(8)12)7-15-11-13-5-6-14-11/h2-6H,7,12H2,1H3. The van der Waals surface area contributed by atoms with Crippen LogP contribution in [-0.2, 0) is 5.75 Å². The number of thiazole rings is 1. The van der Waals surface area contributed by atoms with Crippen LogP contribution in [0.4, 0.5) is 5.69 Å². The van der Waals surface area contributed by atoms with Crippen LogP contribution in [0, 0.1) is 6.92 Å². The summed E-state index contributed by atoms with van der Waals surface area (Å²) in [5.74, 6) is 0.935. The number of hydrogen-bond donors (Lipinski definition) is 1. The van der Waals surface area contributed by atoms with Gasteiger partial charge in [0.25, 0.3) is 0 Å². The van der Waals surface area contributed by atoms with Crippen LogP contribution in [0.25, 0.3) is 0 Å². The number of nitrogens with zero attached hydrogens (tertiary/aromatic N) is 1.